The molecule has 6 rings (SSSR count). The average Bonchev–Trinajstić information content (AvgIpc) is 3.50. The molecule has 0 radical (unpaired) electrons. The predicted molar refractivity (Wildman–Crippen MR) is 143 cm³/mol. The second-order valence-electron chi connectivity index (χ2n) is 9.89. The molecule has 2 aromatic heterocycles. The number of hydrogen-bond acceptors (Lipinski definition) is 9. The van der Waals surface area contributed by atoms with Crippen LogP contribution in [0.15, 0.2) is 54.9 Å². The molecule has 188 valence electrons. The van der Waals surface area contributed by atoms with Crippen LogP contribution in [0.3, 0.4) is 0 Å². The van der Waals surface area contributed by atoms with Crippen molar-refractivity contribution in [3.63, 3.8) is 0 Å². The minimum atomic E-state index is 0.579. The van der Waals surface area contributed by atoms with Crippen molar-refractivity contribution < 1.29 is 4.74 Å². The van der Waals surface area contributed by atoms with Gasteiger partial charge in [0.1, 0.15) is 5.82 Å². The van der Waals surface area contributed by atoms with Crippen LogP contribution in [0.2, 0.25) is 0 Å². The summed E-state index contributed by atoms with van der Waals surface area (Å²) in [4.78, 5) is 21.1. The number of nitrogens with zero attached hydrogens (tertiary/aromatic N) is 6. The largest absolute Gasteiger partial charge is 0.379 e. The smallest absolute Gasteiger partial charge is 0.227 e. The topological polar surface area (TPSA) is 81.7 Å². The monoisotopic (exact) mass is 486 g/mol. The van der Waals surface area contributed by atoms with Gasteiger partial charge in [0.05, 0.1) is 18.9 Å². The van der Waals surface area contributed by atoms with Gasteiger partial charge >= 0.3 is 0 Å². The number of fused-ring (bicyclic) bond motifs is 2. The number of likely N-dealkylation sites (N-methyl/N-ethyl adjacent to an activating group) is 1. The van der Waals surface area contributed by atoms with Crippen molar-refractivity contribution in [3.05, 3.63) is 54.9 Å². The number of piperazine rings is 1. The molecule has 3 aromatic rings. The lowest BCUT2D eigenvalue weighted by atomic mass is 10.2. The van der Waals surface area contributed by atoms with E-state index in [1.54, 1.807) is 6.20 Å². The molecular formula is C27H34N8O. The fourth-order valence-corrected chi connectivity index (χ4v) is 5.44. The molecule has 9 nitrogen and oxygen atoms in total. The van der Waals surface area contributed by atoms with Crippen LogP contribution >= 0.6 is 0 Å². The maximum Gasteiger partial charge on any atom is 0.227 e. The Morgan fingerprint density at radius 2 is 1.83 bits per heavy atom. The number of rotatable bonds is 8. The van der Waals surface area contributed by atoms with Gasteiger partial charge in [0.15, 0.2) is 0 Å². The van der Waals surface area contributed by atoms with Crippen molar-refractivity contribution in [2.75, 3.05) is 75.1 Å². The number of likely N-dealkylation sites (tertiary alicyclic amines) is 1. The van der Waals surface area contributed by atoms with Gasteiger partial charge < -0.3 is 20.3 Å². The summed E-state index contributed by atoms with van der Waals surface area (Å²) in [5.74, 6) is 1.45. The number of aromatic nitrogens is 3. The third-order valence-corrected chi connectivity index (χ3v) is 7.52. The van der Waals surface area contributed by atoms with E-state index < -0.39 is 0 Å². The number of morpholine rings is 1. The van der Waals surface area contributed by atoms with Gasteiger partial charge in [-0.3, -0.25) is 9.80 Å². The standard InChI is InChI=1S/C27H34N8O/c1-33-18-24-16-23(33)19-35(24)22-5-3-21(4-6-22)31-27-29-9-8-25(32-27)20-2-7-26(30-17-20)28-10-11-34-12-14-36-15-13-34/h2-9,17,23-24H,10-16,18-19H2,1H3,(H,28,30)(H,29,31,32). The average molecular weight is 487 g/mol. The number of nitrogens with one attached hydrogen (secondary N) is 2. The van der Waals surface area contributed by atoms with E-state index in [1.807, 2.05) is 24.4 Å². The van der Waals surface area contributed by atoms with Crippen LogP contribution in [0.4, 0.5) is 23.1 Å². The molecule has 3 fully saturated rings. The highest BCUT2D eigenvalue weighted by molar-refractivity contribution is 5.64. The first-order chi connectivity index (χ1) is 17.7. The molecule has 2 unspecified atom stereocenters. The van der Waals surface area contributed by atoms with E-state index in [-0.39, 0.29) is 0 Å². The maximum absolute atomic E-state index is 5.40. The highest BCUT2D eigenvalue weighted by Gasteiger charge is 2.41. The first-order valence-corrected chi connectivity index (χ1v) is 12.9. The van der Waals surface area contributed by atoms with Crippen molar-refractivity contribution in [1.29, 1.82) is 0 Å². The SMILES string of the molecule is CN1CC2CC1CN2c1ccc(Nc2nccc(-c3ccc(NCCN4CCOCC4)nc3)n2)cc1. The minimum Gasteiger partial charge on any atom is -0.379 e. The fourth-order valence-electron chi connectivity index (χ4n) is 5.44. The zero-order valence-electron chi connectivity index (χ0n) is 20.8. The summed E-state index contributed by atoms with van der Waals surface area (Å²) in [6.07, 6.45) is 4.92. The quantitative estimate of drug-likeness (QED) is 0.499. The number of hydrogen-bond donors (Lipinski definition) is 2. The molecule has 2 atom stereocenters. The van der Waals surface area contributed by atoms with Gasteiger partial charge in [-0.05, 0) is 55.9 Å². The Labute approximate surface area is 212 Å². The van der Waals surface area contributed by atoms with Gasteiger partial charge in [-0.25, -0.2) is 15.0 Å². The van der Waals surface area contributed by atoms with Gasteiger partial charge in [-0.1, -0.05) is 0 Å². The second kappa shape index (κ2) is 10.4. The molecule has 3 saturated heterocycles. The van der Waals surface area contributed by atoms with Crippen LogP contribution in [0.1, 0.15) is 6.42 Å². The molecule has 0 amide bonds. The lowest BCUT2D eigenvalue weighted by Gasteiger charge is -2.33. The number of pyridine rings is 1. The summed E-state index contributed by atoms with van der Waals surface area (Å²) in [5, 5.41) is 6.75. The van der Waals surface area contributed by atoms with Gasteiger partial charge in [0.2, 0.25) is 5.95 Å². The lowest BCUT2D eigenvalue weighted by molar-refractivity contribution is 0.0398. The number of benzene rings is 1. The fraction of sp³-hybridized carbons (Fsp3) is 0.444. The molecule has 1 aromatic carbocycles. The lowest BCUT2D eigenvalue weighted by Crippen LogP contribution is -2.44. The van der Waals surface area contributed by atoms with Crippen LogP contribution in [0.25, 0.3) is 11.3 Å². The van der Waals surface area contributed by atoms with E-state index in [4.69, 9.17) is 9.72 Å². The highest BCUT2D eigenvalue weighted by Crippen LogP contribution is 2.34. The second-order valence-corrected chi connectivity index (χ2v) is 9.89. The molecule has 3 aliphatic rings. The van der Waals surface area contributed by atoms with Gasteiger partial charge in [0.25, 0.3) is 0 Å². The van der Waals surface area contributed by atoms with Crippen LogP contribution in [-0.4, -0.2) is 96.4 Å². The van der Waals surface area contributed by atoms with Crippen molar-refractivity contribution >= 4 is 23.1 Å². The van der Waals surface area contributed by atoms with Crippen molar-refractivity contribution in [2.45, 2.75) is 18.5 Å². The summed E-state index contributed by atoms with van der Waals surface area (Å²) in [5.41, 5.74) is 4.08. The molecule has 2 bridgehead atoms. The van der Waals surface area contributed by atoms with Crippen LogP contribution in [0, 0.1) is 0 Å². The van der Waals surface area contributed by atoms with Crippen LogP contribution in [-0.2, 0) is 4.74 Å². The van der Waals surface area contributed by atoms with Crippen molar-refractivity contribution in [1.82, 2.24) is 24.8 Å². The molecule has 3 aliphatic heterocycles. The molecule has 0 spiro atoms. The van der Waals surface area contributed by atoms with Crippen molar-refractivity contribution in [2.24, 2.45) is 0 Å². The van der Waals surface area contributed by atoms with Crippen LogP contribution in [0.5, 0.6) is 0 Å². The van der Waals surface area contributed by atoms with E-state index in [2.05, 4.69) is 66.6 Å². The maximum atomic E-state index is 5.40. The molecule has 0 aliphatic carbocycles. The third-order valence-electron chi connectivity index (χ3n) is 7.52. The molecular weight excluding hydrogens is 452 g/mol. The number of anilines is 4. The molecule has 0 saturated carbocycles. The molecule has 5 heterocycles. The normalized spacial score (nSPS) is 22.2. The predicted octanol–water partition coefficient (Wildman–Crippen LogP) is 2.92. The summed E-state index contributed by atoms with van der Waals surface area (Å²) >= 11 is 0. The molecule has 9 heteroatoms. The van der Waals surface area contributed by atoms with Gasteiger partial charge in [-0.2, -0.15) is 0 Å². The summed E-state index contributed by atoms with van der Waals surface area (Å²) in [6.45, 7) is 7.78. The Kier molecular flexibility index (Phi) is 6.67. The Morgan fingerprint density at radius 1 is 0.972 bits per heavy atom. The summed E-state index contributed by atoms with van der Waals surface area (Å²) < 4.78 is 5.40. The first kappa shape index (κ1) is 23.1. The summed E-state index contributed by atoms with van der Waals surface area (Å²) in [7, 11) is 2.23. The highest BCUT2D eigenvalue weighted by atomic mass is 16.5. The van der Waals surface area contributed by atoms with E-state index in [0.717, 1.165) is 75.2 Å². The Hall–Kier alpha value is -3.27. The van der Waals surface area contributed by atoms with E-state index in [0.29, 0.717) is 18.0 Å². The van der Waals surface area contributed by atoms with Gasteiger partial charge in [-0.15, -0.1) is 0 Å². The van der Waals surface area contributed by atoms with Crippen molar-refractivity contribution in [3.8, 4) is 11.3 Å². The van der Waals surface area contributed by atoms with E-state index in [9.17, 15) is 0 Å². The Balaban J connectivity index is 1.04. The Morgan fingerprint density at radius 3 is 2.56 bits per heavy atom. The van der Waals surface area contributed by atoms with E-state index >= 15 is 0 Å². The number of ether oxygens (including phenoxy) is 1. The zero-order chi connectivity index (χ0) is 24.3. The van der Waals surface area contributed by atoms with Gasteiger partial charge in [0, 0.05) is 80.7 Å². The van der Waals surface area contributed by atoms with Crippen LogP contribution < -0.4 is 15.5 Å². The third kappa shape index (κ3) is 5.13. The van der Waals surface area contributed by atoms with E-state index in [1.165, 1.54) is 12.1 Å². The minimum absolute atomic E-state index is 0.579. The Bertz CT molecular complexity index is 1150. The molecule has 2 N–H and O–H groups in total. The first-order valence-electron chi connectivity index (χ1n) is 12.9. The molecule has 36 heavy (non-hydrogen) atoms. The zero-order valence-corrected chi connectivity index (χ0v) is 20.8. The summed E-state index contributed by atoms with van der Waals surface area (Å²) in [6, 6.07) is 15.9.